The maximum atomic E-state index is 6.44. The molecule has 2 N–H and O–H groups in total. The predicted octanol–water partition coefficient (Wildman–Crippen LogP) is 0.846. The lowest BCUT2D eigenvalue weighted by molar-refractivity contribution is 0.568. The highest BCUT2D eigenvalue weighted by atomic mass is 14.9. The van der Waals surface area contributed by atoms with Gasteiger partial charge in [0.1, 0.15) is 0 Å². The summed E-state index contributed by atoms with van der Waals surface area (Å²) in [6, 6.07) is 0. The maximum Gasteiger partial charge on any atom is 0.277 e. The van der Waals surface area contributed by atoms with Crippen molar-refractivity contribution in [2.24, 2.45) is 11.7 Å². The number of hydrogen-bond donors (Lipinski definition) is 1. The Bertz CT molecular complexity index is 80.6. The highest BCUT2D eigenvalue weighted by Crippen LogP contribution is 1.96. The molecule has 0 fully saturated rings. The molecule has 0 aromatic carbocycles. The minimum atomic E-state index is -0.306. The van der Waals surface area contributed by atoms with Crippen LogP contribution in [0.1, 0.15) is 13.8 Å². The zero-order valence-electron chi connectivity index (χ0n) is 4.68. The average molecular weight is 98.1 g/mol. The van der Waals surface area contributed by atoms with E-state index in [4.69, 9.17) is 12.3 Å². The first-order valence-electron chi connectivity index (χ1n) is 2.30. The normalized spacial score (nSPS) is 13.6. The molecule has 0 radical (unpaired) electrons. The van der Waals surface area contributed by atoms with E-state index in [9.17, 15) is 0 Å². The average Bonchev–Trinajstić information content (AvgIpc) is 1.65. The van der Waals surface area contributed by atoms with E-state index in [0.717, 1.165) is 0 Å². The Hall–Kier alpha value is -0.550. The van der Waals surface area contributed by atoms with E-state index in [1.165, 1.54) is 0 Å². The fraction of sp³-hybridized carbons (Fsp3) is 0.800. The third-order valence-electron chi connectivity index (χ3n) is 0.832. The van der Waals surface area contributed by atoms with Crippen LogP contribution in [0.15, 0.2) is 0 Å². The van der Waals surface area contributed by atoms with E-state index in [1.807, 2.05) is 13.8 Å². The molecule has 0 aliphatic rings. The zero-order valence-corrected chi connectivity index (χ0v) is 4.68. The fourth-order valence-corrected chi connectivity index (χ4v) is 0.149. The standard InChI is InChI=1S/C5H10N2/c1-4(2)5(6)7-3/h4-5H,6H2,1-2H3/t5-/m1/s1. The Morgan fingerprint density at radius 1 is 1.57 bits per heavy atom. The third kappa shape index (κ3) is 2.18. The minimum Gasteiger partial charge on any atom is -0.296 e. The second-order valence-electron chi connectivity index (χ2n) is 1.86. The molecule has 0 bridgehead atoms. The lowest BCUT2D eigenvalue weighted by atomic mass is 10.2. The summed E-state index contributed by atoms with van der Waals surface area (Å²) in [6.45, 7) is 10.3. The molecule has 2 nitrogen and oxygen atoms in total. The monoisotopic (exact) mass is 98.1 g/mol. The molecule has 7 heavy (non-hydrogen) atoms. The van der Waals surface area contributed by atoms with Gasteiger partial charge < -0.3 is 0 Å². The van der Waals surface area contributed by atoms with E-state index in [0.29, 0.717) is 0 Å². The number of hydrogen-bond acceptors (Lipinski definition) is 1. The summed E-state index contributed by atoms with van der Waals surface area (Å²) in [5, 5.41) is 0. The van der Waals surface area contributed by atoms with Gasteiger partial charge in [0.05, 0.1) is 0 Å². The van der Waals surface area contributed by atoms with Gasteiger partial charge in [-0.3, -0.25) is 10.6 Å². The topological polar surface area (TPSA) is 30.4 Å². The highest BCUT2D eigenvalue weighted by Gasteiger charge is 2.08. The van der Waals surface area contributed by atoms with Crippen LogP contribution in [0.5, 0.6) is 0 Å². The molecule has 1 atom stereocenters. The summed E-state index contributed by atoms with van der Waals surface area (Å²) in [5.74, 6) is 0.289. The van der Waals surface area contributed by atoms with Crippen LogP contribution in [0.3, 0.4) is 0 Å². The molecule has 0 amide bonds. The van der Waals surface area contributed by atoms with Gasteiger partial charge in [-0.15, -0.1) is 0 Å². The molecule has 0 aromatic rings. The van der Waals surface area contributed by atoms with Crippen molar-refractivity contribution in [1.82, 2.24) is 0 Å². The van der Waals surface area contributed by atoms with Crippen LogP contribution >= 0.6 is 0 Å². The van der Waals surface area contributed by atoms with Crippen molar-refractivity contribution in [3.8, 4) is 0 Å². The molecule has 0 unspecified atom stereocenters. The van der Waals surface area contributed by atoms with Crippen molar-refractivity contribution in [2.75, 3.05) is 0 Å². The quantitative estimate of drug-likeness (QED) is 0.484. The van der Waals surface area contributed by atoms with Crippen LogP contribution in [-0.4, -0.2) is 6.17 Å². The van der Waals surface area contributed by atoms with Crippen LogP contribution < -0.4 is 5.73 Å². The first kappa shape index (κ1) is 6.45. The van der Waals surface area contributed by atoms with Crippen LogP contribution in [0.4, 0.5) is 0 Å². The van der Waals surface area contributed by atoms with Crippen LogP contribution in [0.25, 0.3) is 4.85 Å². The van der Waals surface area contributed by atoms with Crippen LogP contribution in [0, 0.1) is 12.5 Å². The van der Waals surface area contributed by atoms with Gasteiger partial charge >= 0.3 is 0 Å². The summed E-state index contributed by atoms with van der Waals surface area (Å²) in [6.07, 6.45) is -0.306. The SMILES string of the molecule is [C-]#[N+][C@@H](N)C(C)C. The van der Waals surface area contributed by atoms with Gasteiger partial charge in [0.15, 0.2) is 0 Å². The summed E-state index contributed by atoms with van der Waals surface area (Å²) >= 11 is 0. The lowest BCUT2D eigenvalue weighted by Gasteiger charge is -1.98. The first-order valence-corrected chi connectivity index (χ1v) is 2.30. The first-order chi connectivity index (χ1) is 3.18. The fourth-order valence-electron chi connectivity index (χ4n) is 0.149. The van der Waals surface area contributed by atoms with E-state index in [-0.39, 0.29) is 12.1 Å². The highest BCUT2D eigenvalue weighted by molar-refractivity contribution is 4.73. The predicted molar refractivity (Wildman–Crippen MR) is 29.4 cm³/mol. The summed E-state index contributed by atoms with van der Waals surface area (Å²) in [7, 11) is 0. The van der Waals surface area contributed by atoms with Gasteiger partial charge in [-0.25, -0.2) is 6.57 Å². The van der Waals surface area contributed by atoms with Gasteiger partial charge in [-0.1, -0.05) is 13.8 Å². The van der Waals surface area contributed by atoms with Gasteiger partial charge in [-0.05, 0) is 0 Å². The molecule has 2 heteroatoms. The summed E-state index contributed by atoms with van der Waals surface area (Å²) < 4.78 is 0. The van der Waals surface area contributed by atoms with E-state index in [2.05, 4.69) is 4.85 Å². The summed E-state index contributed by atoms with van der Waals surface area (Å²) in [5.41, 5.74) is 5.26. The largest absolute Gasteiger partial charge is 0.296 e. The molecule has 0 saturated heterocycles. The van der Waals surface area contributed by atoms with E-state index < -0.39 is 0 Å². The molecule has 0 rings (SSSR count). The van der Waals surface area contributed by atoms with Gasteiger partial charge in [0, 0.05) is 5.92 Å². The Kier molecular flexibility index (Phi) is 2.39. The van der Waals surface area contributed by atoms with Gasteiger partial charge in [0.2, 0.25) is 0 Å². The van der Waals surface area contributed by atoms with Crippen molar-refractivity contribution in [2.45, 2.75) is 20.0 Å². The molecule has 0 aliphatic carbocycles. The lowest BCUT2D eigenvalue weighted by Crippen LogP contribution is -2.21. The van der Waals surface area contributed by atoms with Crippen molar-refractivity contribution >= 4 is 0 Å². The molecule has 0 aromatic heterocycles. The van der Waals surface area contributed by atoms with Gasteiger partial charge in [0.25, 0.3) is 6.17 Å². The Morgan fingerprint density at radius 2 is 2.00 bits per heavy atom. The summed E-state index contributed by atoms with van der Waals surface area (Å²) in [4.78, 5) is 3.12. The molecule has 0 aliphatic heterocycles. The molecular formula is C5H10N2. The van der Waals surface area contributed by atoms with Gasteiger partial charge in [-0.2, -0.15) is 0 Å². The molecule has 0 spiro atoms. The van der Waals surface area contributed by atoms with E-state index in [1.54, 1.807) is 0 Å². The van der Waals surface area contributed by atoms with Crippen LogP contribution in [0.2, 0.25) is 0 Å². The molecule has 0 heterocycles. The minimum absolute atomic E-state index is 0.289. The second-order valence-corrected chi connectivity index (χ2v) is 1.86. The maximum absolute atomic E-state index is 6.44. The van der Waals surface area contributed by atoms with Crippen molar-refractivity contribution in [3.63, 3.8) is 0 Å². The molecular weight excluding hydrogens is 88.1 g/mol. The number of nitrogens with zero attached hydrogens (tertiary/aromatic N) is 1. The Balaban J connectivity index is 3.40. The second kappa shape index (κ2) is 2.59. The van der Waals surface area contributed by atoms with E-state index >= 15 is 0 Å². The Morgan fingerprint density at radius 3 is 2.00 bits per heavy atom. The molecule has 40 valence electrons. The van der Waals surface area contributed by atoms with Crippen LogP contribution in [-0.2, 0) is 0 Å². The zero-order chi connectivity index (χ0) is 5.86. The third-order valence-corrected chi connectivity index (χ3v) is 0.832. The Labute approximate surface area is 44.1 Å². The number of nitrogens with two attached hydrogens (primary N) is 1. The molecule has 0 saturated carbocycles. The van der Waals surface area contributed by atoms with Crippen molar-refractivity contribution in [3.05, 3.63) is 11.4 Å². The smallest absolute Gasteiger partial charge is 0.277 e. The van der Waals surface area contributed by atoms with Crippen molar-refractivity contribution in [1.29, 1.82) is 0 Å². The number of rotatable bonds is 1. The van der Waals surface area contributed by atoms with Crippen molar-refractivity contribution < 1.29 is 0 Å².